The second-order valence-corrected chi connectivity index (χ2v) is 9.36. The summed E-state index contributed by atoms with van der Waals surface area (Å²) in [5.41, 5.74) is -1.13. The van der Waals surface area contributed by atoms with Gasteiger partial charge >= 0.3 is 12.3 Å². The van der Waals surface area contributed by atoms with E-state index in [1.165, 1.54) is 24.5 Å². The average Bonchev–Trinajstić information content (AvgIpc) is 3.46. The molecule has 1 saturated heterocycles. The lowest BCUT2D eigenvalue weighted by atomic mass is 10.2. The zero-order valence-corrected chi connectivity index (χ0v) is 20.3. The SMILES string of the molecule is CC(C)(C)OC(=O)NC1CCN(c2ncc(NC(=O)c3nc(-c4ccccc4)oc3C(F)(F)F)cn2)C1. The third-order valence-electron chi connectivity index (χ3n) is 5.21. The molecular weight excluding hydrogens is 493 g/mol. The van der Waals surface area contributed by atoms with E-state index >= 15 is 0 Å². The fourth-order valence-electron chi connectivity index (χ4n) is 3.64. The van der Waals surface area contributed by atoms with Gasteiger partial charge in [0.1, 0.15) is 5.60 Å². The summed E-state index contributed by atoms with van der Waals surface area (Å²) in [7, 11) is 0. The first-order chi connectivity index (χ1) is 17.4. The number of carbonyl (C=O) groups excluding carboxylic acids is 2. The van der Waals surface area contributed by atoms with Gasteiger partial charge in [-0.25, -0.2) is 19.7 Å². The standard InChI is InChI=1S/C24H25F3N6O4/c1-23(2,3)37-22(35)31-15-9-10-33(13-15)21-28-11-16(12-29-21)30-19(34)17-18(24(25,26)27)36-20(32-17)14-7-5-4-6-8-14/h4-8,11-12,15H,9-10,13H2,1-3H3,(H,30,34)(H,31,35). The van der Waals surface area contributed by atoms with Crippen LogP contribution in [0, 0.1) is 0 Å². The molecule has 37 heavy (non-hydrogen) atoms. The topological polar surface area (TPSA) is 122 Å². The third kappa shape index (κ3) is 6.54. The number of anilines is 2. The summed E-state index contributed by atoms with van der Waals surface area (Å²) in [5, 5.41) is 5.13. The highest BCUT2D eigenvalue weighted by Gasteiger charge is 2.42. The number of benzene rings is 1. The van der Waals surface area contributed by atoms with Crippen molar-refractivity contribution in [2.45, 2.75) is 45.0 Å². The lowest BCUT2D eigenvalue weighted by molar-refractivity contribution is -0.153. The van der Waals surface area contributed by atoms with Gasteiger partial charge in [0.15, 0.2) is 5.69 Å². The molecule has 2 amide bonds. The van der Waals surface area contributed by atoms with Crippen LogP contribution in [0.15, 0.2) is 47.1 Å². The third-order valence-corrected chi connectivity index (χ3v) is 5.21. The first-order valence-corrected chi connectivity index (χ1v) is 11.4. The van der Waals surface area contributed by atoms with Crippen molar-refractivity contribution < 1.29 is 31.9 Å². The number of hydrogen-bond donors (Lipinski definition) is 2. The molecule has 3 aromatic rings. The number of amides is 2. The predicted octanol–water partition coefficient (Wildman–Crippen LogP) is 4.51. The minimum absolute atomic E-state index is 0.0776. The summed E-state index contributed by atoms with van der Waals surface area (Å²) in [4.78, 5) is 38.7. The Kier molecular flexibility index (Phi) is 7.05. The first kappa shape index (κ1) is 25.9. The van der Waals surface area contributed by atoms with E-state index in [-0.39, 0.29) is 17.6 Å². The van der Waals surface area contributed by atoms with E-state index in [0.29, 0.717) is 31.0 Å². The summed E-state index contributed by atoms with van der Waals surface area (Å²) in [5.74, 6) is -2.59. The molecule has 2 N–H and O–H groups in total. The van der Waals surface area contributed by atoms with Gasteiger partial charge in [-0.2, -0.15) is 13.2 Å². The number of hydrogen-bond acceptors (Lipinski definition) is 8. The van der Waals surface area contributed by atoms with Crippen LogP contribution in [-0.4, -0.2) is 51.7 Å². The molecule has 1 atom stereocenters. The van der Waals surface area contributed by atoms with Gasteiger partial charge in [-0.05, 0) is 39.3 Å². The van der Waals surface area contributed by atoms with E-state index in [2.05, 4.69) is 25.6 Å². The van der Waals surface area contributed by atoms with Crippen molar-refractivity contribution >= 4 is 23.6 Å². The quantitative estimate of drug-likeness (QED) is 0.506. The molecule has 1 unspecified atom stereocenters. The van der Waals surface area contributed by atoms with Crippen LogP contribution in [0.2, 0.25) is 0 Å². The Balaban J connectivity index is 1.41. The van der Waals surface area contributed by atoms with Crippen LogP contribution in [0.3, 0.4) is 0 Å². The number of aromatic nitrogens is 3. The summed E-state index contributed by atoms with van der Waals surface area (Å²) in [6.07, 6.45) is -2.23. The van der Waals surface area contributed by atoms with Gasteiger partial charge in [-0.3, -0.25) is 4.79 Å². The fraction of sp³-hybridized carbons (Fsp3) is 0.375. The molecule has 1 aliphatic rings. The Morgan fingerprint density at radius 1 is 1.11 bits per heavy atom. The molecule has 1 aliphatic heterocycles. The molecule has 0 bridgehead atoms. The Labute approximate surface area is 210 Å². The molecule has 0 saturated carbocycles. The molecule has 10 nitrogen and oxygen atoms in total. The van der Waals surface area contributed by atoms with Crippen LogP contribution in [0.25, 0.3) is 11.5 Å². The predicted molar refractivity (Wildman–Crippen MR) is 127 cm³/mol. The van der Waals surface area contributed by atoms with Crippen molar-refractivity contribution in [3.05, 3.63) is 54.2 Å². The highest BCUT2D eigenvalue weighted by molar-refractivity contribution is 6.03. The van der Waals surface area contributed by atoms with Crippen molar-refractivity contribution in [2.24, 2.45) is 0 Å². The Morgan fingerprint density at radius 3 is 2.41 bits per heavy atom. The van der Waals surface area contributed by atoms with E-state index < -0.39 is 35.2 Å². The Hall–Kier alpha value is -4.16. The Bertz CT molecular complexity index is 1260. The normalized spacial score (nSPS) is 15.9. The van der Waals surface area contributed by atoms with Gasteiger partial charge in [0.05, 0.1) is 24.1 Å². The molecular formula is C24H25F3N6O4. The first-order valence-electron chi connectivity index (χ1n) is 11.4. The molecule has 1 fully saturated rings. The van der Waals surface area contributed by atoms with Crippen molar-refractivity contribution in [3.63, 3.8) is 0 Å². The van der Waals surface area contributed by atoms with E-state index in [4.69, 9.17) is 9.15 Å². The van der Waals surface area contributed by atoms with Gasteiger partial charge in [0, 0.05) is 18.7 Å². The summed E-state index contributed by atoms with van der Waals surface area (Å²) in [6, 6.07) is 7.79. The zero-order valence-electron chi connectivity index (χ0n) is 20.3. The van der Waals surface area contributed by atoms with Crippen molar-refractivity contribution in [3.8, 4) is 11.5 Å². The lowest BCUT2D eigenvalue weighted by Gasteiger charge is -2.22. The van der Waals surface area contributed by atoms with Gasteiger partial charge < -0.3 is 24.7 Å². The molecule has 1 aromatic carbocycles. The van der Waals surface area contributed by atoms with Crippen LogP contribution < -0.4 is 15.5 Å². The monoisotopic (exact) mass is 518 g/mol. The van der Waals surface area contributed by atoms with Gasteiger partial charge in [0.25, 0.3) is 5.91 Å². The molecule has 0 aliphatic carbocycles. The molecule has 2 aromatic heterocycles. The number of nitrogens with zero attached hydrogens (tertiary/aromatic N) is 4. The summed E-state index contributed by atoms with van der Waals surface area (Å²) >= 11 is 0. The maximum atomic E-state index is 13.5. The number of alkyl carbamates (subject to hydrolysis) is 1. The highest BCUT2D eigenvalue weighted by Crippen LogP contribution is 2.35. The maximum absolute atomic E-state index is 13.5. The average molecular weight is 518 g/mol. The van der Waals surface area contributed by atoms with Gasteiger partial charge in [0.2, 0.25) is 17.6 Å². The number of halogens is 3. The fourth-order valence-corrected chi connectivity index (χ4v) is 3.64. The van der Waals surface area contributed by atoms with E-state index in [1.54, 1.807) is 39.0 Å². The second-order valence-electron chi connectivity index (χ2n) is 9.36. The minimum atomic E-state index is -4.92. The highest BCUT2D eigenvalue weighted by atomic mass is 19.4. The molecule has 3 heterocycles. The van der Waals surface area contributed by atoms with Crippen molar-refractivity contribution in [1.29, 1.82) is 0 Å². The number of carbonyl (C=O) groups is 2. The molecule has 196 valence electrons. The minimum Gasteiger partial charge on any atom is -0.444 e. The second kappa shape index (κ2) is 10.1. The molecule has 4 rings (SSSR count). The summed E-state index contributed by atoms with van der Waals surface area (Å²) < 4.78 is 50.7. The van der Waals surface area contributed by atoms with Gasteiger partial charge in [-0.1, -0.05) is 18.2 Å². The number of alkyl halides is 3. The van der Waals surface area contributed by atoms with E-state index in [1.807, 2.05) is 4.90 Å². The lowest BCUT2D eigenvalue weighted by Crippen LogP contribution is -2.40. The number of nitrogens with one attached hydrogen (secondary N) is 2. The zero-order chi connectivity index (χ0) is 26.8. The largest absolute Gasteiger partial charge is 0.452 e. The van der Waals surface area contributed by atoms with Crippen LogP contribution >= 0.6 is 0 Å². The number of ether oxygens (including phenoxy) is 1. The van der Waals surface area contributed by atoms with Crippen molar-refractivity contribution in [1.82, 2.24) is 20.3 Å². The van der Waals surface area contributed by atoms with Crippen LogP contribution in [0.5, 0.6) is 0 Å². The summed E-state index contributed by atoms with van der Waals surface area (Å²) in [6.45, 7) is 6.34. The van der Waals surface area contributed by atoms with E-state index in [9.17, 15) is 22.8 Å². The molecule has 13 heteroatoms. The van der Waals surface area contributed by atoms with Crippen molar-refractivity contribution in [2.75, 3.05) is 23.3 Å². The Morgan fingerprint density at radius 2 is 1.78 bits per heavy atom. The molecule has 0 spiro atoms. The number of oxazole rings is 1. The van der Waals surface area contributed by atoms with Crippen LogP contribution in [-0.2, 0) is 10.9 Å². The van der Waals surface area contributed by atoms with Crippen LogP contribution in [0.4, 0.5) is 29.6 Å². The maximum Gasteiger partial charge on any atom is 0.452 e. The van der Waals surface area contributed by atoms with E-state index in [0.717, 1.165) is 0 Å². The number of rotatable bonds is 5. The van der Waals surface area contributed by atoms with Crippen LogP contribution in [0.1, 0.15) is 43.4 Å². The molecule has 0 radical (unpaired) electrons. The smallest absolute Gasteiger partial charge is 0.444 e. The van der Waals surface area contributed by atoms with Gasteiger partial charge in [-0.15, -0.1) is 0 Å².